The molecule has 0 aliphatic carbocycles. The fourth-order valence-electron chi connectivity index (χ4n) is 1.18. The molecule has 2 atom stereocenters. The molecule has 0 heterocycles. The lowest BCUT2D eigenvalue weighted by atomic mass is 10.1. The van der Waals surface area contributed by atoms with Crippen LogP contribution in [-0.2, 0) is 0 Å². The van der Waals surface area contributed by atoms with E-state index >= 15 is 0 Å². The summed E-state index contributed by atoms with van der Waals surface area (Å²) in [5.74, 6) is 0. The summed E-state index contributed by atoms with van der Waals surface area (Å²) in [5.41, 5.74) is 0. The molecular weight excluding hydrogens is 136 g/mol. The van der Waals surface area contributed by atoms with Gasteiger partial charge in [-0.15, -0.1) is 0 Å². The Morgan fingerprint density at radius 1 is 1.55 bits per heavy atom. The maximum atomic E-state index is 3.63. The number of nitrogens with one attached hydrogen (secondary N) is 2. The van der Waals surface area contributed by atoms with Crippen molar-refractivity contribution in [1.29, 1.82) is 0 Å². The lowest BCUT2D eigenvalue weighted by Gasteiger charge is -2.18. The Hall–Kier alpha value is -0.500. The maximum absolute atomic E-state index is 3.63. The van der Waals surface area contributed by atoms with Gasteiger partial charge in [-0.3, -0.25) is 0 Å². The van der Waals surface area contributed by atoms with Crippen LogP contribution < -0.4 is 10.6 Å². The molecule has 0 saturated heterocycles. The molecule has 0 fully saturated rings. The molecule has 2 N–H and O–H groups in total. The van der Waals surface area contributed by atoms with Gasteiger partial charge in [-0.1, -0.05) is 13.5 Å². The lowest BCUT2D eigenvalue weighted by Crippen LogP contribution is -2.32. The molecule has 2 unspecified atom stereocenters. The summed E-state index contributed by atoms with van der Waals surface area (Å²) in [5, 5.41) is 6.44. The fraction of sp³-hybridized carbons (Fsp3) is 0.778. The molecule has 0 spiro atoms. The summed E-state index contributed by atoms with van der Waals surface area (Å²) in [6.45, 7) is 7.99. The molecular formula is C9H20N2. The molecule has 0 aliphatic rings. The Kier molecular flexibility index (Phi) is 5.94. The third-order valence-electron chi connectivity index (χ3n) is 1.94. The topological polar surface area (TPSA) is 24.1 Å². The van der Waals surface area contributed by atoms with E-state index in [-0.39, 0.29) is 0 Å². The van der Waals surface area contributed by atoms with Crippen molar-refractivity contribution in [2.75, 3.05) is 7.05 Å². The van der Waals surface area contributed by atoms with Gasteiger partial charge in [0.15, 0.2) is 0 Å². The van der Waals surface area contributed by atoms with Crippen LogP contribution in [0.1, 0.15) is 26.7 Å². The highest BCUT2D eigenvalue weighted by atomic mass is 14.9. The zero-order valence-corrected chi connectivity index (χ0v) is 7.85. The Labute approximate surface area is 70.1 Å². The molecule has 0 rings (SSSR count). The Morgan fingerprint density at radius 3 is 2.55 bits per heavy atom. The summed E-state index contributed by atoms with van der Waals surface area (Å²) < 4.78 is 0. The van der Waals surface area contributed by atoms with Crippen LogP contribution in [0.2, 0.25) is 0 Å². The maximum Gasteiger partial charge on any atom is 0.0242 e. The SMILES string of the molecule is C=CNC(C)CC(CC)NC. The van der Waals surface area contributed by atoms with Crippen molar-refractivity contribution < 1.29 is 0 Å². The lowest BCUT2D eigenvalue weighted by molar-refractivity contribution is 0.444. The molecule has 0 radical (unpaired) electrons. The van der Waals surface area contributed by atoms with E-state index in [4.69, 9.17) is 0 Å². The van der Waals surface area contributed by atoms with Gasteiger partial charge >= 0.3 is 0 Å². The number of hydrogen-bond acceptors (Lipinski definition) is 2. The Bertz CT molecular complexity index is 97.7. The van der Waals surface area contributed by atoms with Crippen molar-refractivity contribution >= 4 is 0 Å². The molecule has 0 aromatic heterocycles. The zero-order valence-electron chi connectivity index (χ0n) is 7.85. The van der Waals surface area contributed by atoms with Gasteiger partial charge in [-0.2, -0.15) is 0 Å². The van der Waals surface area contributed by atoms with Crippen molar-refractivity contribution in [3.05, 3.63) is 12.8 Å². The molecule has 0 saturated carbocycles. The highest BCUT2D eigenvalue weighted by Gasteiger charge is 2.06. The first-order chi connectivity index (χ1) is 5.24. The fourth-order valence-corrected chi connectivity index (χ4v) is 1.18. The van der Waals surface area contributed by atoms with E-state index in [1.807, 2.05) is 7.05 Å². The predicted molar refractivity (Wildman–Crippen MR) is 50.6 cm³/mol. The molecule has 0 amide bonds. The highest BCUT2D eigenvalue weighted by molar-refractivity contribution is 4.75. The van der Waals surface area contributed by atoms with E-state index in [1.54, 1.807) is 6.20 Å². The third kappa shape index (κ3) is 4.85. The molecule has 2 heteroatoms. The summed E-state index contributed by atoms with van der Waals surface area (Å²) >= 11 is 0. The van der Waals surface area contributed by atoms with Crippen molar-refractivity contribution in [3.8, 4) is 0 Å². The van der Waals surface area contributed by atoms with Crippen molar-refractivity contribution in [2.45, 2.75) is 38.8 Å². The predicted octanol–water partition coefficient (Wildman–Crippen LogP) is 1.50. The molecule has 2 nitrogen and oxygen atoms in total. The molecule has 66 valence electrons. The summed E-state index contributed by atoms with van der Waals surface area (Å²) in [4.78, 5) is 0. The number of rotatable bonds is 6. The minimum Gasteiger partial charge on any atom is -0.389 e. The average molecular weight is 156 g/mol. The first-order valence-corrected chi connectivity index (χ1v) is 4.28. The first-order valence-electron chi connectivity index (χ1n) is 4.28. The van der Waals surface area contributed by atoms with Gasteiger partial charge < -0.3 is 10.6 Å². The highest BCUT2D eigenvalue weighted by Crippen LogP contribution is 2.00. The monoisotopic (exact) mass is 156 g/mol. The van der Waals surface area contributed by atoms with Crippen LogP contribution in [0.25, 0.3) is 0 Å². The second kappa shape index (κ2) is 6.23. The summed E-state index contributed by atoms with van der Waals surface area (Å²) in [6, 6.07) is 1.14. The quantitative estimate of drug-likeness (QED) is 0.609. The largest absolute Gasteiger partial charge is 0.389 e. The minimum absolute atomic E-state index is 0.518. The van der Waals surface area contributed by atoms with E-state index in [0.29, 0.717) is 12.1 Å². The van der Waals surface area contributed by atoms with Crippen LogP contribution in [0, 0.1) is 0 Å². The van der Waals surface area contributed by atoms with Gasteiger partial charge in [0, 0.05) is 12.1 Å². The van der Waals surface area contributed by atoms with Crippen LogP contribution in [0.4, 0.5) is 0 Å². The van der Waals surface area contributed by atoms with E-state index in [1.165, 1.54) is 6.42 Å². The molecule has 0 aliphatic heterocycles. The van der Waals surface area contributed by atoms with Crippen LogP contribution in [0.5, 0.6) is 0 Å². The van der Waals surface area contributed by atoms with E-state index in [9.17, 15) is 0 Å². The van der Waals surface area contributed by atoms with E-state index in [0.717, 1.165) is 6.42 Å². The first kappa shape index (κ1) is 10.5. The molecule has 11 heavy (non-hydrogen) atoms. The smallest absolute Gasteiger partial charge is 0.0242 e. The summed E-state index contributed by atoms with van der Waals surface area (Å²) in [6.07, 6.45) is 4.09. The second-order valence-electron chi connectivity index (χ2n) is 2.90. The van der Waals surface area contributed by atoms with Gasteiger partial charge in [0.25, 0.3) is 0 Å². The summed E-state index contributed by atoms with van der Waals surface area (Å²) in [7, 11) is 2.01. The second-order valence-corrected chi connectivity index (χ2v) is 2.90. The molecule has 0 aromatic carbocycles. The molecule has 0 bridgehead atoms. The molecule has 0 aromatic rings. The zero-order chi connectivity index (χ0) is 8.69. The third-order valence-corrected chi connectivity index (χ3v) is 1.94. The van der Waals surface area contributed by atoms with Gasteiger partial charge in [-0.25, -0.2) is 0 Å². The normalized spacial score (nSPS) is 15.5. The number of hydrogen-bond donors (Lipinski definition) is 2. The van der Waals surface area contributed by atoms with E-state index in [2.05, 4.69) is 31.1 Å². The van der Waals surface area contributed by atoms with Crippen molar-refractivity contribution in [2.24, 2.45) is 0 Å². The average Bonchev–Trinajstić information content (AvgIpc) is 2.01. The van der Waals surface area contributed by atoms with Crippen LogP contribution >= 0.6 is 0 Å². The van der Waals surface area contributed by atoms with Crippen LogP contribution in [-0.4, -0.2) is 19.1 Å². The van der Waals surface area contributed by atoms with Crippen LogP contribution in [0.3, 0.4) is 0 Å². The van der Waals surface area contributed by atoms with Crippen molar-refractivity contribution in [3.63, 3.8) is 0 Å². The Morgan fingerprint density at radius 2 is 2.18 bits per heavy atom. The van der Waals surface area contributed by atoms with Gasteiger partial charge in [0.1, 0.15) is 0 Å². The minimum atomic E-state index is 0.518. The van der Waals surface area contributed by atoms with Crippen molar-refractivity contribution in [1.82, 2.24) is 10.6 Å². The van der Waals surface area contributed by atoms with Gasteiger partial charge in [-0.05, 0) is 33.0 Å². The van der Waals surface area contributed by atoms with Crippen LogP contribution in [0.15, 0.2) is 12.8 Å². The van der Waals surface area contributed by atoms with E-state index < -0.39 is 0 Å². The van der Waals surface area contributed by atoms with Gasteiger partial charge in [0.05, 0.1) is 0 Å². The van der Waals surface area contributed by atoms with Gasteiger partial charge in [0.2, 0.25) is 0 Å². The standard InChI is InChI=1S/C9H20N2/c1-5-9(10-4)7-8(3)11-6-2/h6,8-11H,2,5,7H2,1,3-4H3. The Balaban J connectivity index is 3.52.